The van der Waals surface area contributed by atoms with Gasteiger partial charge in [0.05, 0.1) is 5.02 Å². The quantitative estimate of drug-likeness (QED) is 0.519. The zero-order valence-corrected chi connectivity index (χ0v) is 18.0. The summed E-state index contributed by atoms with van der Waals surface area (Å²) in [6, 6.07) is 2.14. The number of carbonyl (C=O) groups is 1. The van der Waals surface area contributed by atoms with Gasteiger partial charge in [0.1, 0.15) is 11.5 Å². The second-order valence-corrected chi connectivity index (χ2v) is 9.14. The molecule has 31 heavy (non-hydrogen) atoms. The first-order chi connectivity index (χ1) is 15.0. The van der Waals surface area contributed by atoms with E-state index in [2.05, 4.69) is 32.2 Å². The summed E-state index contributed by atoms with van der Waals surface area (Å²) in [6.45, 7) is 4.66. The van der Waals surface area contributed by atoms with Crippen LogP contribution in [0.1, 0.15) is 37.7 Å². The summed E-state index contributed by atoms with van der Waals surface area (Å²) in [5.41, 5.74) is 2.69. The van der Waals surface area contributed by atoms with Crippen molar-refractivity contribution in [3.63, 3.8) is 0 Å². The molecule has 5 rings (SSSR count). The zero-order valence-electron chi connectivity index (χ0n) is 17.2. The summed E-state index contributed by atoms with van der Waals surface area (Å²) in [4.78, 5) is 28.8. The standard InChI is InChI=1S/C23H25ClN6O/c1-2-4-14-10-25-22(18-12-27-21-17(18)7-15(24)11-26-21)30-20(14)29-16-5-3-6-23(8-16)9-19(31)28-13-23/h2,7,10-12,16H,1,3-6,8-9,13H2,(H,26,27)(H,28,31)(H,25,29,30). The SMILES string of the molecule is C=CCc1cnc(-c2c[nH]c3ncc(Cl)cc23)nc1NC1CCCC2(CNC(=O)C2)C1. The number of anilines is 1. The van der Waals surface area contributed by atoms with E-state index in [4.69, 9.17) is 16.6 Å². The molecule has 3 N–H and O–H groups in total. The molecule has 1 saturated heterocycles. The average molecular weight is 437 g/mol. The normalized spacial score (nSPS) is 23.3. The number of amides is 1. The van der Waals surface area contributed by atoms with Gasteiger partial charge in [0.15, 0.2) is 5.82 Å². The Balaban J connectivity index is 1.46. The highest BCUT2D eigenvalue weighted by Crippen LogP contribution is 2.42. The molecule has 2 unspecified atom stereocenters. The van der Waals surface area contributed by atoms with Crippen molar-refractivity contribution in [2.24, 2.45) is 5.41 Å². The number of halogens is 1. The Morgan fingerprint density at radius 3 is 3.06 bits per heavy atom. The molecule has 1 saturated carbocycles. The van der Waals surface area contributed by atoms with E-state index >= 15 is 0 Å². The Hall–Kier alpha value is -2.93. The lowest BCUT2D eigenvalue weighted by atomic mass is 9.71. The second-order valence-electron chi connectivity index (χ2n) is 8.70. The van der Waals surface area contributed by atoms with Crippen LogP contribution in [0.25, 0.3) is 22.4 Å². The number of pyridine rings is 1. The highest BCUT2D eigenvalue weighted by Gasteiger charge is 2.42. The van der Waals surface area contributed by atoms with Gasteiger partial charge >= 0.3 is 0 Å². The molecule has 2 aliphatic rings. The molecule has 8 heteroatoms. The maximum Gasteiger partial charge on any atom is 0.220 e. The fraction of sp³-hybridized carbons (Fsp3) is 0.391. The van der Waals surface area contributed by atoms with Crippen LogP contribution in [0.2, 0.25) is 5.02 Å². The average Bonchev–Trinajstić information content (AvgIpc) is 3.32. The predicted molar refractivity (Wildman–Crippen MR) is 122 cm³/mol. The topological polar surface area (TPSA) is 95.6 Å². The van der Waals surface area contributed by atoms with Gasteiger partial charge in [-0.15, -0.1) is 6.58 Å². The maximum absolute atomic E-state index is 11.8. The minimum Gasteiger partial charge on any atom is -0.367 e. The van der Waals surface area contributed by atoms with E-state index in [-0.39, 0.29) is 17.4 Å². The molecule has 3 aromatic heterocycles. The number of nitrogens with one attached hydrogen (secondary N) is 3. The molecule has 160 valence electrons. The lowest BCUT2D eigenvalue weighted by Crippen LogP contribution is -2.37. The van der Waals surface area contributed by atoms with Gasteiger partial charge in [-0.1, -0.05) is 24.1 Å². The Morgan fingerprint density at radius 1 is 1.35 bits per heavy atom. The highest BCUT2D eigenvalue weighted by atomic mass is 35.5. The molecule has 4 heterocycles. The van der Waals surface area contributed by atoms with Gasteiger partial charge in [-0.05, 0) is 37.2 Å². The van der Waals surface area contributed by atoms with E-state index < -0.39 is 0 Å². The Labute approximate surface area is 185 Å². The van der Waals surface area contributed by atoms with Crippen molar-refractivity contribution in [2.75, 3.05) is 11.9 Å². The molecule has 1 aliphatic carbocycles. The fourth-order valence-corrected chi connectivity index (χ4v) is 5.13. The lowest BCUT2D eigenvalue weighted by molar-refractivity contribution is -0.119. The largest absolute Gasteiger partial charge is 0.367 e. The van der Waals surface area contributed by atoms with E-state index in [0.29, 0.717) is 23.7 Å². The van der Waals surface area contributed by atoms with Crippen LogP contribution in [0.4, 0.5) is 5.82 Å². The van der Waals surface area contributed by atoms with E-state index in [1.54, 1.807) is 6.20 Å². The van der Waals surface area contributed by atoms with Crippen molar-refractivity contribution < 1.29 is 4.79 Å². The van der Waals surface area contributed by atoms with Crippen molar-refractivity contribution >= 4 is 34.4 Å². The monoisotopic (exact) mass is 436 g/mol. The number of nitrogens with zero attached hydrogens (tertiary/aromatic N) is 3. The summed E-state index contributed by atoms with van der Waals surface area (Å²) in [5.74, 6) is 1.62. The number of aromatic nitrogens is 4. The zero-order chi connectivity index (χ0) is 21.4. The summed E-state index contributed by atoms with van der Waals surface area (Å²) >= 11 is 6.16. The molecule has 0 bridgehead atoms. The number of rotatable bonds is 5. The highest BCUT2D eigenvalue weighted by molar-refractivity contribution is 6.31. The van der Waals surface area contributed by atoms with E-state index in [9.17, 15) is 4.79 Å². The van der Waals surface area contributed by atoms with Crippen molar-refractivity contribution in [1.29, 1.82) is 0 Å². The van der Waals surface area contributed by atoms with E-state index in [0.717, 1.165) is 60.2 Å². The number of aromatic amines is 1. The molecular weight excluding hydrogens is 412 g/mol. The molecule has 1 spiro atoms. The summed E-state index contributed by atoms with van der Waals surface area (Å²) in [7, 11) is 0. The first-order valence-corrected chi connectivity index (χ1v) is 11.1. The molecule has 7 nitrogen and oxygen atoms in total. The molecule has 2 fully saturated rings. The number of carbonyl (C=O) groups excluding carboxylic acids is 1. The lowest BCUT2D eigenvalue weighted by Gasteiger charge is -2.37. The van der Waals surface area contributed by atoms with Gasteiger partial charge in [0, 0.05) is 54.1 Å². The van der Waals surface area contributed by atoms with Crippen molar-refractivity contribution in [3.8, 4) is 11.4 Å². The van der Waals surface area contributed by atoms with Gasteiger partial charge in [0.2, 0.25) is 5.91 Å². The Bertz CT molecular complexity index is 1160. The van der Waals surface area contributed by atoms with Gasteiger partial charge in [-0.25, -0.2) is 15.0 Å². The van der Waals surface area contributed by atoms with Crippen LogP contribution < -0.4 is 10.6 Å². The number of hydrogen-bond donors (Lipinski definition) is 3. The molecule has 0 aromatic carbocycles. The van der Waals surface area contributed by atoms with Crippen LogP contribution in [0, 0.1) is 5.41 Å². The van der Waals surface area contributed by atoms with Crippen LogP contribution in [0.3, 0.4) is 0 Å². The van der Waals surface area contributed by atoms with Gasteiger partial charge < -0.3 is 15.6 Å². The molecule has 0 radical (unpaired) electrons. The fourth-order valence-electron chi connectivity index (χ4n) is 4.97. The third kappa shape index (κ3) is 3.90. The van der Waals surface area contributed by atoms with Crippen molar-refractivity contribution in [2.45, 2.75) is 44.6 Å². The molecule has 1 aliphatic heterocycles. The predicted octanol–water partition coefficient (Wildman–Crippen LogP) is 4.26. The van der Waals surface area contributed by atoms with Crippen LogP contribution in [0.5, 0.6) is 0 Å². The van der Waals surface area contributed by atoms with Crippen molar-refractivity contribution in [3.05, 3.63) is 47.9 Å². The summed E-state index contributed by atoms with van der Waals surface area (Å²) in [5, 5.41) is 8.15. The van der Waals surface area contributed by atoms with Crippen LogP contribution in [-0.4, -0.2) is 38.4 Å². The van der Waals surface area contributed by atoms with Gasteiger partial charge in [-0.3, -0.25) is 4.79 Å². The van der Waals surface area contributed by atoms with Crippen molar-refractivity contribution in [1.82, 2.24) is 25.3 Å². The van der Waals surface area contributed by atoms with Crippen LogP contribution in [-0.2, 0) is 11.2 Å². The second kappa shape index (κ2) is 7.96. The Kier molecular flexibility index (Phi) is 5.14. The molecule has 1 amide bonds. The molecular formula is C23H25ClN6O. The third-order valence-corrected chi connectivity index (χ3v) is 6.65. The van der Waals surface area contributed by atoms with Gasteiger partial charge in [-0.2, -0.15) is 0 Å². The minimum absolute atomic E-state index is 0.0702. The van der Waals surface area contributed by atoms with Crippen LogP contribution in [0.15, 0.2) is 37.3 Å². The van der Waals surface area contributed by atoms with E-state index in [1.807, 2.05) is 24.5 Å². The van der Waals surface area contributed by atoms with E-state index in [1.165, 1.54) is 0 Å². The minimum atomic E-state index is 0.0702. The number of fused-ring (bicyclic) bond motifs is 1. The molecule has 3 aromatic rings. The number of hydrogen-bond acceptors (Lipinski definition) is 5. The number of allylic oxidation sites excluding steroid dienone is 1. The molecule has 2 atom stereocenters. The summed E-state index contributed by atoms with van der Waals surface area (Å²) < 4.78 is 0. The maximum atomic E-state index is 11.8. The number of H-pyrrole nitrogens is 1. The van der Waals surface area contributed by atoms with Crippen LogP contribution >= 0.6 is 11.6 Å². The Morgan fingerprint density at radius 2 is 2.26 bits per heavy atom. The summed E-state index contributed by atoms with van der Waals surface area (Å²) in [6.07, 6.45) is 12.8. The smallest absolute Gasteiger partial charge is 0.220 e. The third-order valence-electron chi connectivity index (χ3n) is 6.44. The van der Waals surface area contributed by atoms with Gasteiger partial charge in [0.25, 0.3) is 0 Å². The first-order valence-electron chi connectivity index (χ1n) is 10.7. The first kappa shape index (κ1) is 20.0.